The highest BCUT2D eigenvalue weighted by molar-refractivity contribution is 6.40. The molecular weight excluding hydrogens is 378 g/mol. The number of hydrogen-bond donors (Lipinski definition) is 3. The van der Waals surface area contributed by atoms with E-state index in [-0.39, 0.29) is 11.9 Å². The molecule has 0 unspecified atom stereocenters. The van der Waals surface area contributed by atoms with Gasteiger partial charge in [-0.2, -0.15) is 0 Å². The predicted octanol–water partition coefficient (Wildman–Crippen LogP) is 3.29. The van der Waals surface area contributed by atoms with Crippen molar-refractivity contribution in [3.63, 3.8) is 0 Å². The summed E-state index contributed by atoms with van der Waals surface area (Å²) in [5, 5.41) is 8.30. The summed E-state index contributed by atoms with van der Waals surface area (Å²) in [5.74, 6) is -1.34. The first-order valence-corrected chi connectivity index (χ1v) is 10.6. The number of amides is 3. The molecule has 0 radical (unpaired) electrons. The van der Waals surface area contributed by atoms with Gasteiger partial charge in [0, 0.05) is 12.6 Å². The van der Waals surface area contributed by atoms with Crippen molar-refractivity contribution in [1.29, 1.82) is 0 Å². The topological polar surface area (TPSA) is 87.3 Å². The van der Waals surface area contributed by atoms with E-state index in [1.54, 1.807) is 24.3 Å². The molecule has 158 valence electrons. The summed E-state index contributed by atoms with van der Waals surface area (Å²) in [6, 6.07) is 16.6. The van der Waals surface area contributed by atoms with Gasteiger partial charge < -0.3 is 16.0 Å². The van der Waals surface area contributed by atoms with Gasteiger partial charge in [0.1, 0.15) is 0 Å². The Hall–Kier alpha value is -3.15. The van der Waals surface area contributed by atoms with Crippen LogP contribution in [0.1, 0.15) is 48.5 Å². The van der Waals surface area contributed by atoms with Crippen LogP contribution in [0.5, 0.6) is 0 Å². The van der Waals surface area contributed by atoms with Crippen LogP contribution in [-0.4, -0.2) is 30.3 Å². The second-order valence-corrected chi connectivity index (χ2v) is 7.83. The molecule has 0 aromatic heterocycles. The Bertz CT molecular complexity index is 882. The number of hydrogen-bond acceptors (Lipinski definition) is 3. The maximum Gasteiger partial charge on any atom is 0.313 e. The zero-order chi connectivity index (χ0) is 21.3. The van der Waals surface area contributed by atoms with E-state index in [9.17, 15) is 14.4 Å². The molecule has 6 heteroatoms. The molecule has 0 saturated heterocycles. The summed E-state index contributed by atoms with van der Waals surface area (Å²) in [5.41, 5.74) is 1.79. The van der Waals surface area contributed by atoms with Crippen molar-refractivity contribution in [2.45, 2.75) is 45.1 Å². The average molecular weight is 408 g/mol. The highest BCUT2D eigenvalue weighted by Crippen LogP contribution is 2.23. The Labute approximate surface area is 177 Å². The quantitative estimate of drug-likeness (QED) is 0.642. The van der Waals surface area contributed by atoms with Crippen LogP contribution >= 0.6 is 0 Å². The SMILES string of the molecule is C[C@H]1CCCC[C@@H]1NC(=O)C(=O)Nc1ccccc1C(=O)NCCc1ccccc1. The molecule has 1 aliphatic carbocycles. The van der Waals surface area contributed by atoms with E-state index in [1.807, 2.05) is 30.3 Å². The van der Waals surface area contributed by atoms with Gasteiger partial charge in [-0.05, 0) is 42.9 Å². The first kappa shape index (κ1) is 21.6. The molecule has 0 aliphatic heterocycles. The molecule has 3 rings (SSSR count). The van der Waals surface area contributed by atoms with Crippen molar-refractivity contribution >= 4 is 23.4 Å². The van der Waals surface area contributed by atoms with E-state index in [2.05, 4.69) is 22.9 Å². The van der Waals surface area contributed by atoms with Crippen LogP contribution in [0.15, 0.2) is 54.6 Å². The number of nitrogens with one attached hydrogen (secondary N) is 3. The lowest BCUT2D eigenvalue weighted by Gasteiger charge is -2.29. The van der Waals surface area contributed by atoms with E-state index >= 15 is 0 Å². The molecule has 3 N–H and O–H groups in total. The van der Waals surface area contributed by atoms with E-state index < -0.39 is 11.8 Å². The zero-order valence-electron chi connectivity index (χ0n) is 17.3. The smallest absolute Gasteiger partial charge is 0.313 e. The number of carbonyl (C=O) groups excluding carboxylic acids is 3. The highest BCUT2D eigenvalue weighted by atomic mass is 16.2. The number of benzene rings is 2. The van der Waals surface area contributed by atoms with Gasteiger partial charge in [-0.15, -0.1) is 0 Å². The van der Waals surface area contributed by atoms with Crippen molar-refractivity contribution in [3.05, 3.63) is 65.7 Å². The molecule has 2 aromatic rings. The number of para-hydroxylation sites is 1. The summed E-state index contributed by atoms with van der Waals surface area (Å²) >= 11 is 0. The molecule has 1 saturated carbocycles. The normalized spacial score (nSPS) is 18.3. The fourth-order valence-corrected chi connectivity index (χ4v) is 3.79. The van der Waals surface area contributed by atoms with Crippen molar-refractivity contribution in [1.82, 2.24) is 10.6 Å². The lowest BCUT2D eigenvalue weighted by Crippen LogP contribution is -2.46. The summed E-state index contributed by atoms with van der Waals surface area (Å²) in [6.45, 7) is 2.57. The Morgan fingerprint density at radius 3 is 2.37 bits per heavy atom. The van der Waals surface area contributed by atoms with E-state index in [0.717, 1.165) is 31.2 Å². The molecule has 0 bridgehead atoms. The molecule has 0 spiro atoms. The monoisotopic (exact) mass is 407 g/mol. The molecule has 1 aliphatic rings. The first-order valence-electron chi connectivity index (χ1n) is 10.6. The van der Waals surface area contributed by atoms with Gasteiger partial charge in [0.15, 0.2) is 0 Å². The average Bonchev–Trinajstić information content (AvgIpc) is 2.76. The Balaban J connectivity index is 1.56. The summed E-state index contributed by atoms with van der Waals surface area (Å²) in [4.78, 5) is 37.4. The Morgan fingerprint density at radius 1 is 0.900 bits per heavy atom. The molecule has 3 amide bonds. The molecule has 0 heterocycles. The van der Waals surface area contributed by atoms with Gasteiger partial charge in [0.05, 0.1) is 11.3 Å². The molecule has 2 atom stereocenters. The Morgan fingerprint density at radius 2 is 1.60 bits per heavy atom. The van der Waals surface area contributed by atoms with Crippen LogP contribution in [0.25, 0.3) is 0 Å². The third-order valence-electron chi connectivity index (χ3n) is 5.60. The maximum absolute atomic E-state index is 12.6. The lowest BCUT2D eigenvalue weighted by atomic mass is 9.86. The second kappa shape index (κ2) is 10.6. The lowest BCUT2D eigenvalue weighted by molar-refractivity contribution is -0.137. The predicted molar refractivity (Wildman–Crippen MR) is 117 cm³/mol. The minimum atomic E-state index is -0.752. The van der Waals surface area contributed by atoms with Crippen LogP contribution in [0.2, 0.25) is 0 Å². The van der Waals surface area contributed by atoms with Gasteiger partial charge in [-0.3, -0.25) is 14.4 Å². The van der Waals surface area contributed by atoms with Gasteiger partial charge in [0.25, 0.3) is 5.91 Å². The van der Waals surface area contributed by atoms with Crippen LogP contribution in [0, 0.1) is 5.92 Å². The van der Waals surface area contributed by atoms with Crippen molar-refractivity contribution in [3.8, 4) is 0 Å². The largest absolute Gasteiger partial charge is 0.352 e. The highest BCUT2D eigenvalue weighted by Gasteiger charge is 2.26. The van der Waals surface area contributed by atoms with Gasteiger partial charge >= 0.3 is 11.8 Å². The summed E-state index contributed by atoms with van der Waals surface area (Å²) in [7, 11) is 0. The Kier molecular flexibility index (Phi) is 7.60. The minimum Gasteiger partial charge on any atom is -0.352 e. The summed E-state index contributed by atoms with van der Waals surface area (Å²) < 4.78 is 0. The van der Waals surface area contributed by atoms with Crippen LogP contribution in [-0.2, 0) is 16.0 Å². The standard InChI is InChI=1S/C24H29N3O3/c1-17-9-5-7-13-20(17)26-23(29)24(30)27-21-14-8-6-12-19(21)22(28)25-16-15-18-10-3-2-4-11-18/h2-4,6,8,10-12,14,17,20H,5,7,9,13,15-16H2,1H3,(H,25,28)(H,26,29)(H,27,30)/t17-,20-/m0/s1. The zero-order valence-corrected chi connectivity index (χ0v) is 17.3. The van der Waals surface area contributed by atoms with Crippen LogP contribution in [0.3, 0.4) is 0 Å². The molecule has 2 aromatic carbocycles. The summed E-state index contributed by atoms with van der Waals surface area (Å²) in [6.07, 6.45) is 4.87. The third kappa shape index (κ3) is 5.92. The van der Waals surface area contributed by atoms with E-state index in [4.69, 9.17) is 0 Å². The number of anilines is 1. The second-order valence-electron chi connectivity index (χ2n) is 7.83. The molecule has 6 nitrogen and oxygen atoms in total. The van der Waals surface area contributed by atoms with Crippen molar-refractivity contribution < 1.29 is 14.4 Å². The van der Waals surface area contributed by atoms with E-state index in [1.165, 1.54) is 0 Å². The van der Waals surface area contributed by atoms with Gasteiger partial charge in [-0.25, -0.2) is 0 Å². The number of rotatable bonds is 6. The molecule has 1 fully saturated rings. The fraction of sp³-hybridized carbons (Fsp3) is 0.375. The molecule has 30 heavy (non-hydrogen) atoms. The van der Waals surface area contributed by atoms with Gasteiger partial charge in [-0.1, -0.05) is 62.2 Å². The number of carbonyl (C=O) groups is 3. The fourth-order valence-electron chi connectivity index (χ4n) is 3.79. The van der Waals surface area contributed by atoms with Crippen LogP contribution in [0.4, 0.5) is 5.69 Å². The third-order valence-corrected chi connectivity index (χ3v) is 5.60. The van der Waals surface area contributed by atoms with E-state index in [0.29, 0.717) is 30.1 Å². The maximum atomic E-state index is 12.6. The van der Waals surface area contributed by atoms with Gasteiger partial charge in [0.2, 0.25) is 0 Å². The van der Waals surface area contributed by atoms with Crippen molar-refractivity contribution in [2.75, 3.05) is 11.9 Å². The molecular formula is C24H29N3O3. The van der Waals surface area contributed by atoms with Crippen LogP contribution < -0.4 is 16.0 Å². The van der Waals surface area contributed by atoms with Crippen molar-refractivity contribution in [2.24, 2.45) is 5.92 Å². The minimum absolute atomic E-state index is 0.0218. The first-order chi connectivity index (χ1) is 14.5.